The number of morpholine rings is 1. The smallest absolute Gasteiger partial charge is 0.410 e. The molecule has 6 rings (SSSR count). The van der Waals surface area contributed by atoms with Gasteiger partial charge in [-0.2, -0.15) is 4.98 Å². The topological polar surface area (TPSA) is 138 Å². The van der Waals surface area contributed by atoms with Gasteiger partial charge in [-0.15, -0.1) is 0 Å². The van der Waals surface area contributed by atoms with Crippen molar-refractivity contribution in [3.05, 3.63) is 29.6 Å². The fourth-order valence-corrected chi connectivity index (χ4v) is 6.77. The van der Waals surface area contributed by atoms with E-state index in [1.54, 1.807) is 29.7 Å². The molecule has 4 aliphatic rings. The van der Waals surface area contributed by atoms with E-state index in [4.69, 9.17) is 24.2 Å². The third-order valence-electron chi connectivity index (χ3n) is 8.77. The Morgan fingerprint density at radius 3 is 2.59 bits per heavy atom. The van der Waals surface area contributed by atoms with E-state index in [-0.39, 0.29) is 66.7 Å². The summed E-state index contributed by atoms with van der Waals surface area (Å²) in [6.07, 6.45) is 3.15. The van der Waals surface area contributed by atoms with Crippen molar-refractivity contribution in [2.75, 3.05) is 56.1 Å². The van der Waals surface area contributed by atoms with Gasteiger partial charge in [-0.05, 0) is 65.5 Å². The molecular formula is C32H42FN7O6. The Labute approximate surface area is 267 Å². The molecule has 2 unspecified atom stereocenters. The first-order chi connectivity index (χ1) is 22.0. The minimum Gasteiger partial charge on any atom is -0.469 e. The van der Waals surface area contributed by atoms with E-state index in [9.17, 15) is 14.4 Å². The van der Waals surface area contributed by atoms with Crippen molar-refractivity contribution in [1.82, 2.24) is 25.1 Å². The summed E-state index contributed by atoms with van der Waals surface area (Å²) in [6.45, 7) is 10.2. The van der Waals surface area contributed by atoms with E-state index in [1.165, 1.54) is 12.1 Å². The van der Waals surface area contributed by atoms with Gasteiger partial charge in [0, 0.05) is 38.3 Å². The summed E-state index contributed by atoms with van der Waals surface area (Å²) in [5, 5.41) is 5.09. The highest BCUT2D eigenvalue weighted by Crippen LogP contribution is 2.38. The first-order valence-corrected chi connectivity index (χ1v) is 16.1. The molecule has 0 saturated carbocycles. The van der Waals surface area contributed by atoms with Crippen molar-refractivity contribution < 1.29 is 33.0 Å². The number of carbonyl (C=O) groups is 3. The Balaban J connectivity index is 1.41. The van der Waals surface area contributed by atoms with E-state index in [1.807, 2.05) is 18.7 Å². The molecule has 2 N–H and O–H groups in total. The molecular weight excluding hydrogens is 597 g/mol. The van der Waals surface area contributed by atoms with Crippen LogP contribution in [0.2, 0.25) is 0 Å². The molecule has 0 radical (unpaired) electrons. The molecule has 3 fully saturated rings. The molecule has 13 nitrogen and oxygen atoms in total. The number of benzene rings is 1. The number of amides is 4. The minimum atomic E-state index is -0.840. The summed E-state index contributed by atoms with van der Waals surface area (Å²) in [7, 11) is 0. The highest BCUT2D eigenvalue weighted by molar-refractivity contribution is 6.03. The number of fused-ring (bicyclic) bond motifs is 3. The zero-order valence-corrected chi connectivity index (χ0v) is 26.8. The van der Waals surface area contributed by atoms with Crippen LogP contribution in [0, 0.1) is 5.82 Å². The van der Waals surface area contributed by atoms with Gasteiger partial charge in [-0.1, -0.05) is 6.07 Å². The number of urea groups is 1. The lowest BCUT2D eigenvalue weighted by molar-refractivity contribution is 0.0296. The monoisotopic (exact) mass is 639 g/mol. The van der Waals surface area contributed by atoms with Gasteiger partial charge in [0.15, 0.2) is 0 Å². The predicted molar refractivity (Wildman–Crippen MR) is 168 cm³/mol. The van der Waals surface area contributed by atoms with Gasteiger partial charge < -0.3 is 39.5 Å². The Kier molecular flexibility index (Phi) is 8.90. The van der Waals surface area contributed by atoms with E-state index in [0.29, 0.717) is 37.7 Å². The lowest BCUT2D eigenvalue weighted by Gasteiger charge is -2.33. The van der Waals surface area contributed by atoms with Gasteiger partial charge in [0.25, 0.3) is 5.91 Å². The van der Waals surface area contributed by atoms with Crippen LogP contribution >= 0.6 is 0 Å². The molecule has 14 heteroatoms. The minimum absolute atomic E-state index is 0.00884. The average Bonchev–Trinajstić information content (AvgIpc) is 3.59. The molecule has 248 valence electrons. The number of ether oxygens (including phenoxy) is 3. The van der Waals surface area contributed by atoms with Crippen LogP contribution in [-0.4, -0.2) is 108 Å². The molecule has 2 aromatic rings. The average molecular weight is 640 g/mol. The van der Waals surface area contributed by atoms with Crippen LogP contribution in [-0.2, 0) is 9.47 Å². The van der Waals surface area contributed by atoms with E-state index >= 15 is 4.39 Å². The van der Waals surface area contributed by atoms with Gasteiger partial charge in [0.05, 0.1) is 42.8 Å². The summed E-state index contributed by atoms with van der Waals surface area (Å²) < 4.78 is 33.3. The second-order valence-electron chi connectivity index (χ2n) is 12.8. The lowest BCUT2D eigenvalue weighted by atomic mass is 10.0. The normalized spacial score (nSPS) is 23.5. The molecule has 46 heavy (non-hydrogen) atoms. The van der Waals surface area contributed by atoms with Crippen molar-refractivity contribution >= 4 is 29.7 Å². The molecule has 4 aliphatic heterocycles. The Hall–Kier alpha value is -4.20. The number of hydrogen-bond donors (Lipinski definition) is 2. The highest BCUT2D eigenvalue weighted by Gasteiger charge is 2.42. The molecule has 3 saturated heterocycles. The first kappa shape index (κ1) is 31.8. The Morgan fingerprint density at radius 2 is 1.89 bits per heavy atom. The van der Waals surface area contributed by atoms with Gasteiger partial charge in [-0.25, -0.2) is 19.0 Å². The molecule has 0 aliphatic carbocycles. The van der Waals surface area contributed by atoms with Crippen LogP contribution in [0.5, 0.6) is 5.88 Å². The SMILES string of the molecule is CCNC(=O)Nc1ccc(-c2nc(N3CC4CC[C@@H](C3)O4)nc3c2C(=O)N(CC2CCCN2C(=O)OCC)CC(C)(C)O3)cc1F. The second kappa shape index (κ2) is 12.9. The van der Waals surface area contributed by atoms with E-state index in [2.05, 4.69) is 10.6 Å². The quantitative estimate of drug-likeness (QED) is 0.460. The molecule has 0 spiro atoms. The van der Waals surface area contributed by atoms with Crippen molar-refractivity contribution in [3.63, 3.8) is 0 Å². The van der Waals surface area contributed by atoms with Crippen LogP contribution in [0.3, 0.4) is 0 Å². The maximum Gasteiger partial charge on any atom is 0.410 e. The number of aromatic nitrogens is 2. The summed E-state index contributed by atoms with van der Waals surface area (Å²) in [4.78, 5) is 54.4. The third-order valence-corrected chi connectivity index (χ3v) is 8.77. The van der Waals surface area contributed by atoms with E-state index < -0.39 is 23.5 Å². The molecule has 3 atom stereocenters. The van der Waals surface area contributed by atoms with Crippen molar-refractivity contribution in [2.45, 2.75) is 77.2 Å². The van der Waals surface area contributed by atoms with Gasteiger partial charge in [0.1, 0.15) is 17.0 Å². The number of carbonyl (C=O) groups excluding carboxylic acids is 3. The largest absolute Gasteiger partial charge is 0.469 e. The maximum absolute atomic E-state index is 15.5. The molecule has 5 heterocycles. The van der Waals surface area contributed by atoms with Gasteiger partial charge in [0.2, 0.25) is 11.8 Å². The van der Waals surface area contributed by atoms with Crippen molar-refractivity contribution in [2.24, 2.45) is 0 Å². The van der Waals surface area contributed by atoms with Gasteiger partial charge in [-0.3, -0.25) is 4.79 Å². The summed E-state index contributed by atoms with van der Waals surface area (Å²) in [5.74, 6) is -0.558. The zero-order valence-electron chi connectivity index (χ0n) is 26.8. The Morgan fingerprint density at radius 1 is 1.13 bits per heavy atom. The van der Waals surface area contributed by atoms with Crippen LogP contribution in [0.15, 0.2) is 18.2 Å². The predicted octanol–water partition coefficient (Wildman–Crippen LogP) is 4.03. The zero-order chi connectivity index (χ0) is 32.6. The van der Waals surface area contributed by atoms with Crippen LogP contribution in [0.25, 0.3) is 11.3 Å². The molecule has 1 aromatic heterocycles. The fourth-order valence-electron chi connectivity index (χ4n) is 6.77. The number of nitrogens with zero attached hydrogens (tertiary/aromatic N) is 5. The maximum atomic E-state index is 15.5. The van der Waals surface area contributed by atoms with Crippen molar-refractivity contribution in [1.29, 1.82) is 0 Å². The number of hydrogen-bond acceptors (Lipinski definition) is 9. The molecule has 2 bridgehead atoms. The standard InChI is InChI=1S/C32H42FN7O6/c1-5-34-30(42)35-24-12-9-19(14-23(24)33)26-25-27(37-29(36-26)38-16-21-10-11-22(17-38)45-21)46-32(3,4)18-39(28(25)41)15-20-8-7-13-40(20)31(43)44-6-2/h9,12,14,20-22H,5-8,10-11,13,15-18H2,1-4H3,(H2,34,35,42)/t20?,21-,22?/m0/s1. The number of halogens is 1. The third kappa shape index (κ3) is 6.53. The van der Waals surface area contributed by atoms with E-state index in [0.717, 1.165) is 25.7 Å². The number of rotatable bonds is 7. The summed E-state index contributed by atoms with van der Waals surface area (Å²) >= 11 is 0. The summed E-state index contributed by atoms with van der Waals surface area (Å²) in [6, 6.07) is 3.56. The molecule has 1 aromatic carbocycles. The first-order valence-electron chi connectivity index (χ1n) is 16.1. The Bertz CT molecular complexity index is 1490. The summed E-state index contributed by atoms with van der Waals surface area (Å²) in [5.41, 5.74) is -0.169. The fraction of sp³-hybridized carbons (Fsp3) is 0.594. The second-order valence-corrected chi connectivity index (χ2v) is 12.8. The molecule has 4 amide bonds. The van der Waals surface area contributed by atoms with Crippen LogP contribution < -0.4 is 20.3 Å². The van der Waals surface area contributed by atoms with Gasteiger partial charge >= 0.3 is 12.1 Å². The lowest BCUT2D eigenvalue weighted by Crippen LogP contribution is -2.49. The van der Waals surface area contributed by atoms with Crippen molar-refractivity contribution in [3.8, 4) is 17.1 Å². The van der Waals surface area contributed by atoms with Crippen LogP contribution in [0.4, 0.5) is 25.6 Å². The number of nitrogens with one attached hydrogen (secondary N) is 2. The van der Waals surface area contributed by atoms with Crippen LogP contribution in [0.1, 0.15) is 63.7 Å². The highest BCUT2D eigenvalue weighted by atomic mass is 19.1. The number of likely N-dealkylation sites (tertiary alicyclic amines) is 1. The number of anilines is 2.